The molecule has 1 aromatic heterocycles. The molecule has 0 unspecified atom stereocenters. The predicted molar refractivity (Wildman–Crippen MR) is 93.0 cm³/mol. The Hall–Kier alpha value is -2.12. The van der Waals surface area contributed by atoms with Crippen molar-refractivity contribution in [2.24, 2.45) is 0 Å². The van der Waals surface area contributed by atoms with Crippen LogP contribution in [0.5, 0.6) is 5.75 Å². The Morgan fingerprint density at radius 1 is 1.32 bits per heavy atom. The summed E-state index contributed by atoms with van der Waals surface area (Å²) >= 11 is 6.71. The molecule has 0 aliphatic carbocycles. The summed E-state index contributed by atoms with van der Waals surface area (Å²) in [5.41, 5.74) is 1.21. The molecular formula is C15H16N2O3S2. The normalized spacial score (nSPS) is 10.1. The van der Waals surface area contributed by atoms with Gasteiger partial charge in [-0.1, -0.05) is 6.92 Å². The maximum absolute atomic E-state index is 11.8. The fourth-order valence-corrected chi connectivity index (χ4v) is 3.05. The number of carbonyl (C=O) groups excluding carboxylic acids is 1. The second kappa shape index (κ2) is 7.24. The second-order valence-corrected chi connectivity index (χ2v) is 5.97. The number of esters is 1. The van der Waals surface area contributed by atoms with Gasteiger partial charge >= 0.3 is 5.97 Å². The molecule has 116 valence electrons. The van der Waals surface area contributed by atoms with Crippen molar-refractivity contribution < 1.29 is 14.6 Å². The zero-order valence-corrected chi connectivity index (χ0v) is 13.8. The molecule has 0 radical (unpaired) electrons. The van der Waals surface area contributed by atoms with Crippen LogP contribution in [0.25, 0.3) is 0 Å². The average molecular weight is 336 g/mol. The first-order valence-electron chi connectivity index (χ1n) is 6.61. The summed E-state index contributed by atoms with van der Waals surface area (Å²) in [7, 11) is 1.35. The third-order valence-corrected chi connectivity index (χ3v) is 4.29. The summed E-state index contributed by atoms with van der Waals surface area (Å²) in [6, 6.07) is 8.34. The highest BCUT2D eigenvalue weighted by atomic mass is 32.1. The maximum atomic E-state index is 11.8. The first-order valence-corrected chi connectivity index (χ1v) is 7.84. The van der Waals surface area contributed by atoms with Crippen LogP contribution in [0.2, 0.25) is 0 Å². The van der Waals surface area contributed by atoms with Crippen LogP contribution in [-0.4, -0.2) is 23.3 Å². The van der Waals surface area contributed by atoms with Crippen molar-refractivity contribution in [3.05, 3.63) is 40.8 Å². The molecule has 0 atom stereocenters. The lowest BCUT2D eigenvalue weighted by Gasteiger charge is -2.10. The van der Waals surface area contributed by atoms with E-state index in [2.05, 4.69) is 10.6 Å². The zero-order chi connectivity index (χ0) is 16.1. The van der Waals surface area contributed by atoms with Crippen molar-refractivity contribution in [1.82, 2.24) is 0 Å². The van der Waals surface area contributed by atoms with E-state index in [0.717, 1.165) is 17.0 Å². The fraction of sp³-hybridized carbons (Fsp3) is 0.200. The van der Waals surface area contributed by atoms with Gasteiger partial charge in [0.1, 0.15) is 10.8 Å². The summed E-state index contributed by atoms with van der Waals surface area (Å²) in [4.78, 5) is 12.9. The Balaban J connectivity index is 2.12. The molecule has 0 spiro atoms. The minimum atomic E-state index is -0.397. The Morgan fingerprint density at radius 2 is 2.00 bits per heavy atom. The average Bonchev–Trinajstić information content (AvgIpc) is 2.91. The molecule has 0 aliphatic heterocycles. The lowest BCUT2D eigenvalue weighted by molar-refractivity contribution is 0.0602. The van der Waals surface area contributed by atoms with Gasteiger partial charge in [0, 0.05) is 10.6 Å². The molecule has 2 rings (SSSR count). The van der Waals surface area contributed by atoms with Crippen LogP contribution in [0.15, 0.2) is 30.3 Å². The highest BCUT2D eigenvalue weighted by molar-refractivity contribution is 7.80. The van der Waals surface area contributed by atoms with E-state index in [-0.39, 0.29) is 5.75 Å². The van der Waals surface area contributed by atoms with E-state index < -0.39 is 5.97 Å². The highest BCUT2D eigenvalue weighted by Crippen LogP contribution is 2.29. The Kier molecular flexibility index (Phi) is 5.35. The molecule has 3 N–H and O–H groups in total. The van der Waals surface area contributed by atoms with Crippen molar-refractivity contribution in [2.45, 2.75) is 13.3 Å². The van der Waals surface area contributed by atoms with Crippen LogP contribution >= 0.6 is 23.6 Å². The van der Waals surface area contributed by atoms with E-state index in [1.165, 1.54) is 18.4 Å². The maximum Gasteiger partial charge on any atom is 0.340 e. The molecule has 0 saturated heterocycles. The van der Waals surface area contributed by atoms with Gasteiger partial charge in [0.05, 0.1) is 12.7 Å². The van der Waals surface area contributed by atoms with Gasteiger partial charge in [0.2, 0.25) is 0 Å². The molecule has 0 saturated carbocycles. The topological polar surface area (TPSA) is 70.6 Å². The van der Waals surface area contributed by atoms with E-state index in [1.807, 2.05) is 13.0 Å². The fourth-order valence-electron chi connectivity index (χ4n) is 1.78. The van der Waals surface area contributed by atoms with Gasteiger partial charge in [-0.25, -0.2) is 4.79 Å². The molecule has 0 amide bonds. The van der Waals surface area contributed by atoms with Gasteiger partial charge in [0.25, 0.3) is 0 Å². The monoisotopic (exact) mass is 336 g/mol. The largest absolute Gasteiger partial charge is 0.508 e. The van der Waals surface area contributed by atoms with Crippen LogP contribution in [0.1, 0.15) is 22.2 Å². The van der Waals surface area contributed by atoms with Crippen molar-refractivity contribution in [2.75, 3.05) is 17.7 Å². The third kappa shape index (κ3) is 3.96. The molecule has 0 bridgehead atoms. The van der Waals surface area contributed by atoms with E-state index in [1.54, 1.807) is 24.3 Å². The number of rotatable bonds is 4. The Morgan fingerprint density at radius 3 is 2.59 bits per heavy atom. The van der Waals surface area contributed by atoms with Crippen molar-refractivity contribution in [1.29, 1.82) is 0 Å². The van der Waals surface area contributed by atoms with Crippen LogP contribution < -0.4 is 10.6 Å². The number of benzene rings is 1. The lowest BCUT2D eigenvalue weighted by atomic mass is 10.2. The summed E-state index contributed by atoms with van der Waals surface area (Å²) in [6.07, 6.45) is 0.828. The molecule has 1 heterocycles. The van der Waals surface area contributed by atoms with E-state index >= 15 is 0 Å². The first-order chi connectivity index (χ1) is 10.5. The van der Waals surface area contributed by atoms with Crippen LogP contribution in [0.3, 0.4) is 0 Å². The van der Waals surface area contributed by atoms with Crippen LogP contribution in [0, 0.1) is 0 Å². The zero-order valence-electron chi connectivity index (χ0n) is 12.2. The number of hydrogen-bond acceptors (Lipinski definition) is 5. The number of methoxy groups -OCH3 is 1. The number of nitrogens with one attached hydrogen (secondary N) is 2. The summed E-state index contributed by atoms with van der Waals surface area (Å²) in [6.45, 7) is 2.02. The molecule has 7 heteroatoms. The van der Waals surface area contributed by atoms with Gasteiger partial charge in [-0.15, -0.1) is 11.3 Å². The number of aromatic hydroxyl groups is 1. The van der Waals surface area contributed by atoms with Gasteiger partial charge in [-0.05, 0) is 49.0 Å². The van der Waals surface area contributed by atoms with E-state index in [4.69, 9.17) is 17.0 Å². The summed E-state index contributed by atoms with van der Waals surface area (Å²) in [5.74, 6) is -0.214. The van der Waals surface area contributed by atoms with Crippen molar-refractivity contribution >= 4 is 45.3 Å². The van der Waals surface area contributed by atoms with Crippen LogP contribution in [0.4, 0.5) is 10.7 Å². The quantitative estimate of drug-likeness (QED) is 0.450. The standard InChI is InChI=1S/C15H16N2O3S2/c1-3-11-8-12(14(19)20-2)13(22-11)17-15(21)16-9-4-6-10(18)7-5-9/h4-8,18H,3H2,1-2H3,(H2,16,17,21). The number of thiophene rings is 1. The van der Waals surface area contributed by atoms with E-state index in [9.17, 15) is 9.90 Å². The number of hydrogen-bond donors (Lipinski definition) is 3. The molecular weight excluding hydrogens is 320 g/mol. The number of phenolic OH excluding ortho intramolecular Hbond substituents is 1. The minimum absolute atomic E-state index is 0.184. The summed E-state index contributed by atoms with van der Waals surface area (Å²) in [5, 5.41) is 16.3. The molecule has 2 aromatic rings. The lowest BCUT2D eigenvalue weighted by Crippen LogP contribution is -2.19. The third-order valence-electron chi connectivity index (χ3n) is 2.89. The SMILES string of the molecule is CCc1cc(C(=O)OC)c(NC(=S)Nc2ccc(O)cc2)s1. The second-order valence-electron chi connectivity index (χ2n) is 4.43. The Labute approximate surface area is 137 Å². The van der Waals surface area contributed by atoms with Gasteiger partial charge in [-0.3, -0.25) is 0 Å². The number of carbonyl (C=O) groups is 1. The van der Waals surface area contributed by atoms with Gasteiger partial charge in [0.15, 0.2) is 5.11 Å². The molecule has 0 fully saturated rings. The van der Waals surface area contributed by atoms with Crippen LogP contribution in [-0.2, 0) is 11.2 Å². The number of phenols is 1. The number of anilines is 2. The van der Waals surface area contributed by atoms with E-state index in [0.29, 0.717) is 15.7 Å². The van der Waals surface area contributed by atoms with Crippen molar-refractivity contribution in [3.8, 4) is 5.75 Å². The molecule has 0 aliphatic rings. The number of aryl methyl sites for hydroxylation is 1. The molecule has 22 heavy (non-hydrogen) atoms. The predicted octanol–water partition coefficient (Wildman–Crippen LogP) is 3.61. The number of ether oxygens (including phenoxy) is 1. The van der Waals surface area contributed by atoms with Gasteiger partial charge < -0.3 is 20.5 Å². The molecule has 1 aromatic carbocycles. The van der Waals surface area contributed by atoms with Gasteiger partial charge in [-0.2, -0.15) is 0 Å². The van der Waals surface area contributed by atoms with Crippen molar-refractivity contribution in [3.63, 3.8) is 0 Å². The smallest absolute Gasteiger partial charge is 0.340 e. The minimum Gasteiger partial charge on any atom is -0.508 e. The highest BCUT2D eigenvalue weighted by Gasteiger charge is 2.17. The number of thiocarbonyl (C=S) groups is 1. The summed E-state index contributed by atoms with van der Waals surface area (Å²) < 4.78 is 4.78. The molecule has 5 nitrogen and oxygen atoms in total. The first kappa shape index (κ1) is 16.3. The Bertz CT molecular complexity index is 681.